The van der Waals surface area contributed by atoms with Gasteiger partial charge in [0.25, 0.3) is 24.4 Å². The van der Waals surface area contributed by atoms with Crippen molar-refractivity contribution in [2.24, 2.45) is 10.2 Å². The van der Waals surface area contributed by atoms with Gasteiger partial charge in [-0.05, 0) is 93.3 Å². The Morgan fingerprint density at radius 3 is 1.38 bits per heavy atom. The Labute approximate surface area is 287 Å². The lowest BCUT2D eigenvalue weighted by Gasteiger charge is -2.31. The van der Waals surface area contributed by atoms with Gasteiger partial charge in [0.1, 0.15) is 11.5 Å². The third-order valence-corrected chi connectivity index (χ3v) is 7.96. The SMILES string of the molecule is O=C(N/N=C\c1ccc(O[C@H]2OCCO[C@H]2Oc2ccc(/C=N\NC(=O)c3cccc4ccccc34)cc2)cc1)c1cccc2ccccc12. The van der Waals surface area contributed by atoms with E-state index in [0.717, 1.165) is 32.7 Å². The number of hydrazone groups is 2. The van der Waals surface area contributed by atoms with Crippen molar-refractivity contribution in [3.8, 4) is 11.5 Å². The van der Waals surface area contributed by atoms with Crippen molar-refractivity contribution in [3.63, 3.8) is 0 Å². The van der Waals surface area contributed by atoms with E-state index in [0.29, 0.717) is 35.8 Å². The molecule has 6 aromatic rings. The molecule has 1 fully saturated rings. The van der Waals surface area contributed by atoms with Gasteiger partial charge in [0, 0.05) is 11.1 Å². The monoisotopic (exact) mass is 664 g/mol. The Morgan fingerprint density at radius 2 is 0.940 bits per heavy atom. The minimum atomic E-state index is -0.811. The third-order valence-electron chi connectivity index (χ3n) is 7.96. The summed E-state index contributed by atoms with van der Waals surface area (Å²) in [6, 6.07) is 40.9. The predicted molar refractivity (Wildman–Crippen MR) is 192 cm³/mol. The molecule has 1 heterocycles. The van der Waals surface area contributed by atoms with Gasteiger partial charge < -0.3 is 18.9 Å². The maximum atomic E-state index is 12.7. The van der Waals surface area contributed by atoms with Crippen molar-refractivity contribution in [1.29, 1.82) is 0 Å². The number of nitrogens with one attached hydrogen (secondary N) is 2. The first-order chi connectivity index (χ1) is 24.6. The van der Waals surface area contributed by atoms with Crippen molar-refractivity contribution in [2.75, 3.05) is 13.2 Å². The number of fused-ring (bicyclic) bond motifs is 2. The first-order valence-corrected chi connectivity index (χ1v) is 16.0. The van der Waals surface area contributed by atoms with Crippen LogP contribution in [0.15, 0.2) is 144 Å². The van der Waals surface area contributed by atoms with Gasteiger partial charge in [-0.15, -0.1) is 0 Å². The summed E-state index contributed by atoms with van der Waals surface area (Å²) in [6.07, 6.45) is 1.50. The van der Waals surface area contributed by atoms with E-state index in [-0.39, 0.29) is 11.8 Å². The van der Waals surface area contributed by atoms with Crippen LogP contribution in [-0.4, -0.2) is 50.0 Å². The maximum absolute atomic E-state index is 12.7. The molecule has 0 aromatic heterocycles. The van der Waals surface area contributed by atoms with Crippen LogP contribution < -0.4 is 20.3 Å². The molecule has 1 aliphatic heterocycles. The van der Waals surface area contributed by atoms with Crippen LogP contribution in [-0.2, 0) is 9.47 Å². The molecule has 10 heteroatoms. The predicted octanol–water partition coefficient (Wildman–Crippen LogP) is 6.68. The second-order valence-electron chi connectivity index (χ2n) is 11.3. The van der Waals surface area contributed by atoms with Gasteiger partial charge in [0.05, 0.1) is 25.6 Å². The van der Waals surface area contributed by atoms with Crippen molar-refractivity contribution in [2.45, 2.75) is 12.6 Å². The fourth-order valence-corrected chi connectivity index (χ4v) is 5.50. The van der Waals surface area contributed by atoms with Crippen LogP contribution in [0.4, 0.5) is 0 Å². The minimum Gasteiger partial charge on any atom is -0.458 e. The zero-order valence-corrected chi connectivity index (χ0v) is 26.8. The molecule has 0 radical (unpaired) electrons. The first-order valence-electron chi connectivity index (χ1n) is 16.0. The molecule has 1 saturated heterocycles. The highest BCUT2D eigenvalue weighted by Crippen LogP contribution is 2.23. The third kappa shape index (κ3) is 7.68. The molecule has 2 atom stereocenters. The van der Waals surface area contributed by atoms with Crippen LogP contribution >= 0.6 is 0 Å². The summed E-state index contributed by atoms with van der Waals surface area (Å²) in [5, 5.41) is 11.9. The average molecular weight is 665 g/mol. The van der Waals surface area contributed by atoms with Gasteiger partial charge >= 0.3 is 0 Å². The Kier molecular flexibility index (Phi) is 9.82. The van der Waals surface area contributed by atoms with Gasteiger partial charge in [-0.1, -0.05) is 72.8 Å². The smallest absolute Gasteiger partial charge is 0.271 e. The summed E-state index contributed by atoms with van der Waals surface area (Å²) in [4.78, 5) is 25.5. The van der Waals surface area contributed by atoms with E-state index < -0.39 is 12.6 Å². The lowest BCUT2D eigenvalue weighted by molar-refractivity contribution is -0.271. The molecule has 0 spiro atoms. The van der Waals surface area contributed by atoms with Gasteiger partial charge in [-0.3, -0.25) is 9.59 Å². The second kappa shape index (κ2) is 15.2. The number of amides is 2. The fraction of sp³-hybridized carbons (Fsp3) is 0.100. The number of carbonyl (C=O) groups excluding carboxylic acids is 2. The van der Waals surface area contributed by atoms with E-state index >= 15 is 0 Å². The summed E-state index contributed by atoms with van der Waals surface area (Å²) in [5.41, 5.74) is 7.84. The van der Waals surface area contributed by atoms with Gasteiger partial charge in [-0.2, -0.15) is 10.2 Å². The Morgan fingerprint density at radius 1 is 0.540 bits per heavy atom. The molecule has 0 bridgehead atoms. The number of hydrogen-bond donors (Lipinski definition) is 2. The Hall–Kier alpha value is -6.36. The molecule has 1 aliphatic rings. The van der Waals surface area contributed by atoms with Crippen LogP contribution in [0.2, 0.25) is 0 Å². The van der Waals surface area contributed by atoms with E-state index in [9.17, 15) is 9.59 Å². The number of ether oxygens (including phenoxy) is 4. The highest BCUT2D eigenvalue weighted by Gasteiger charge is 2.31. The number of nitrogens with zero attached hydrogens (tertiary/aromatic N) is 2. The molecule has 248 valence electrons. The molecule has 50 heavy (non-hydrogen) atoms. The molecule has 6 aromatic carbocycles. The number of carbonyl (C=O) groups is 2. The standard InChI is InChI=1S/C40H32N4O6/c45-37(35-13-5-9-29-7-1-3-11-33(29)35)43-41-25-27-15-19-31(20-16-27)49-39-40(48-24-23-47-39)50-32-21-17-28(18-22-32)26-42-44-38(46)36-14-6-10-30-8-2-4-12-34(30)36/h1-22,25-26,39-40H,23-24H2,(H,43,45)(H,44,46)/b41-25-,42-26-/t39-,40+. The molecular weight excluding hydrogens is 632 g/mol. The molecule has 0 aliphatic carbocycles. The van der Waals surface area contributed by atoms with Gasteiger partial charge in [0.2, 0.25) is 0 Å². The largest absolute Gasteiger partial charge is 0.458 e. The van der Waals surface area contributed by atoms with Crippen molar-refractivity contribution >= 4 is 45.8 Å². The number of hydrogen-bond acceptors (Lipinski definition) is 8. The van der Waals surface area contributed by atoms with E-state index in [2.05, 4.69) is 21.1 Å². The average Bonchev–Trinajstić information content (AvgIpc) is 3.16. The number of rotatable bonds is 10. The topological polar surface area (TPSA) is 120 Å². The Balaban J connectivity index is 0.911. The zero-order valence-electron chi connectivity index (χ0n) is 26.8. The van der Waals surface area contributed by atoms with Crippen LogP contribution in [0.25, 0.3) is 21.5 Å². The highest BCUT2D eigenvalue weighted by molar-refractivity contribution is 6.08. The van der Waals surface area contributed by atoms with Crippen LogP contribution in [0.1, 0.15) is 31.8 Å². The maximum Gasteiger partial charge on any atom is 0.271 e. The van der Waals surface area contributed by atoms with E-state index in [1.54, 1.807) is 48.8 Å². The number of benzene rings is 6. The Bertz CT molecular complexity index is 2020. The first kappa shape index (κ1) is 32.2. The molecule has 0 saturated carbocycles. The summed E-state index contributed by atoms with van der Waals surface area (Å²) in [7, 11) is 0. The van der Waals surface area contributed by atoms with Crippen LogP contribution in [0, 0.1) is 0 Å². The summed E-state index contributed by atoms with van der Waals surface area (Å²) < 4.78 is 23.7. The van der Waals surface area contributed by atoms with Crippen molar-refractivity contribution in [1.82, 2.24) is 10.9 Å². The molecule has 2 amide bonds. The lowest BCUT2D eigenvalue weighted by Crippen LogP contribution is -2.45. The second-order valence-corrected chi connectivity index (χ2v) is 11.3. The fourth-order valence-electron chi connectivity index (χ4n) is 5.50. The normalized spacial score (nSPS) is 16.1. The molecule has 0 unspecified atom stereocenters. The summed E-state index contributed by atoms with van der Waals surface area (Å²) in [5.74, 6) is 0.510. The van der Waals surface area contributed by atoms with Crippen molar-refractivity contribution in [3.05, 3.63) is 156 Å². The van der Waals surface area contributed by atoms with Crippen molar-refractivity contribution < 1.29 is 28.5 Å². The quantitative estimate of drug-likeness (QED) is 0.125. The zero-order chi connectivity index (χ0) is 34.1. The minimum absolute atomic E-state index is 0.289. The highest BCUT2D eigenvalue weighted by atomic mass is 16.8. The van der Waals surface area contributed by atoms with E-state index in [1.807, 2.05) is 97.1 Å². The van der Waals surface area contributed by atoms with E-state index in [1.165, 1.54) is 0 Å². The van der Waals surface area contributed by atoms with Gasteiger partial charge in [-0.25, -0.2) is 10.9 Å². The lowest BCUT2D eigenvalue weighted by atomic mass is 10.0. The summed E-state index contributed by atoms with van der Waals surface area (Å²) >= 11 is 0. The molecule has 10 nitrogen and oxygen atoms in total. The van der Waals surface area contributed by atoms with E-state index in [4.69, 9.17) is 18.9 Å². The molecular formula is C40H32N4O6. The van der Waals surface area contributed by atoms with Gasteiger partial charge in [0.15, 0.2) is 0 Å². The van der Waals surface area contributed by atoms with Crippen LogP contribution in [0.5, 0.6) is 11.5 Å². The van der Waals surface area contributed by atoms with Crippen LogP contribution in [0.3, 0.4) is 0 Å². The summed E-state index contributed by atoms with van der Waals surface area (Å²) in [6.45, 7) is 0.705. The molecule has 2 N–H and O–H groups in total. The molecule has 7 rings (SSSR count).